The molecule has 8 aromatic carbocycles. The maximum absolute atomic E-state index is 14.2. The molecule has 0 aliphatic carbocycles. The first-order valence-corrected chi connectivity index (χ1v) is 35.1. The summed E-state index contributed by atoms with van der Waals surface area (Å²) in [6.07, 6.45) is 9.83. The van der Waals surface area contributed by atoms with Gasteiger partial charge in [0.25, 0.3) is 0 Å². The van der Waals surface area contributed by atoms with Crippen molar-refractivity contribution in [3.8, 4) is 45.3 Å². The number of fused-ring (bicyclic) bond motifs is 18. The van der Waals surface area contributed by atoms with Crippen molar-refractivity contribution in [3.63, 3.8) is 0 Å². The monoisotopic (exact) mass is 1480 g/mol. The van der Waals surface area contributed by atoms with Crippen molar-refractivity contribution in [2.24, 2.45) is 22.2 Å². The fourth-order valence-electron chi connectivity index (χ4n) is 13.7. The highest BCUT2D eigenvalue weighted by atomic mass is 35.5. The van der Waals surface area contributed by atoms with Crippen LogP contribution in [-0.4, -0.2) is 151 Å². The van der Waals surface area contributed by atoms with Gasteiger partial charge in [-0.25, -0.2) is 9.59 Å². The zero-order valence-corrected chi connectivity index (χ0v) is 62.3. The van der Waals surface area contributed by atoms with Gasteiger partial charge < -0.3 is 78.5 Å². The number of nitrogens with one attached hydrogen (secondary N) is 7. The van der Waals surface area contributed by atoms with Crippen molar-refractivity contribution in [2.45, 2.75) is 121 Å². The van der Waals surface area contributed by atoms with E-state index in [2.05, 4.69) is 54.0 Å². The summed E-state index contributed by atoms with van der Waals surface area (Å²) in [5.74, 6) is -1.79. The third kappa shape index (κ3) is 20.0. The molecule has 8 aromatic rings. The number of amides is 6. The van der Waals surface area contributed by atoms with Crippen molar-refractivity contribution in [2.75, 3.05) is 55.7 Å². The minimum atomic E-state index is -1.11. The zero-order valence-electron chi connectivity index (χ0n) is 61.6. The Morgan fingerprint density at radius 3 is 1.13 bits per heavy atom. The van der Waals surface area contributed by atoms with Crippen molar-refractivity contribution >= 4 is 102 Å². The smallest absolute Gasteiger partial charge is 0.338 e. The molecule has 26 heteroatoms. The van der Waals surface area contributed by atoms with E-state index in [0.29, 0.717) is 78.7 Å². The first-order valence-electron chi connectivity index (χ1n) is 35.1. The summed E-state index contributed by atoms with van der Waals surface area (Å²) >= 11 is 0. The zero-order chi connectivity index (χ0) is 76.1. The molecular weight excluding hydrogens is 1390 g/mol. The number of amidine groups is 1. The number of carbonyl (C=O) groups excluding carboxylic acids is 8. The number of aliphatic imine (C=N–C) groups is 1. The van der Waals surface area contributed by atoms with E-state index in [0.717, 1.165) is 76.5 Å². The summed E-state index contributed by atoms with van der Waals surface area (Å²) in [5.41, 5.74) is 23.1. The number of rotatable bonds is 16. The summed E-state index contributed by atoms with van der Waals surface area (Å²) in [5, 5.41) is 24.2. The van der Waals surface area contributed by atoms with Gasteiger partial charge in [-0.15, -0.1) is 0 Å². The summed E-state index contributed by atoms with van der Waals surface area (Å²) < 4.78 is 34.9. The third-order valence-electron chi connectivity index (χ3n) is 18.5. The van der Waals surface area contributed by atoms with Crippen LogP contribution in [-0.2, 0) is 73.5 Å². The second-order valence-corrected chi connectivity index (χ2v) is 25.9. The van der Waals surface area contributed by atoms with E-state index in [1.54, 1.807) is 41.4 Å². The molecule has 25 nitrogen and oxygen atoms in total. The van der Waals surface area contributed by atoms with Gasteiger partial charge in [-0.05, 0) is 148 Å². The van der Waals surface area contributed by atoms with Gasteiger partial charge in [0.05, 0.1) is 55.0 Å². The van der Waals surface area contributed by atoms with Crippen LogP contribution in [0.2, 0.25) is 0 Å². The molecule has 564 valence electrons. The number of nitrogens with zero attached hydrogens (tertiary/aromatic N) is 1. The van der Waals surface area contributed by atoms with E-state index in [4.69, 9.17) is 45.6 Å². The van der Waals surface area contributed by atoms with E-state index in [1.165, 1.54) is 28.1 Å². The average molecular weight is 1480 g/mol. The number of guanidine groups is 1. The van der Waals surface area contributed by atoms with Crippen LogP contribution in [0.5, 0.6) is 23.0 Å². The van der Waals surface area contributed by atoms with Crippen molar-refractivity contribution in [1.29, 1.82) is 0 Å². The Balaban J connectivity index is 0.000000267. The highest BCUT2D eigenvalue weighted by Gasteiger charge is 2.35. The predicted octanol–water partition coefficient (Wildman–Crippen LogP) is 3.03. The molecule has 0 saturated carbocycles. The molecule has 13 N–H and O–H groups in total. The molecule has 0 saturated heterocycles. The summed E-state index contributed by atoms with van der Waals surface area (Å²) in [6.45, 7) is 4.98. The Hall–Kier alpha value is -11.7. The Morgan fingerprint density at radius 1 is 0.467 bits per heavy atom. The first-order chi connectivity index (χ1) is 51.1. The molecule has 6 atom stereocenters. The SMILES string of the molecule is COC(=O)[C@@H]1CC=CCc2cc3ccccc3c(c2OC)-c2c(OC)c(cc3ccccc23)CC(NC(C)=O)C(=O)N[C@H](CCCN=C(C)N)C(=O)N1.COC(=O)[C@@H]1CC=CCc2cc3ccccc3c(c2OC)-c2c(OC)c(cc3ccccc23)CC(NC(C)=O)C(=O)N[C@H](CCC[NH+]=C(N)N)C(=O)N1.[Cl-]. The lowest BCUT2D eigenvalue weighted by atomic mass is 9.87. The van der Waals surface area contributed by atoms with Gasteiger partial charge in [-0.2, -0.15) is 0 Å². The molecule has 6 amide bonds. The number of methoxy groups -OCH3 is 6. The molecular formula is C81H94ClN11O14. The van der Waals surface area contributed by atoms with Gasteiger partial charge in [-0.3, -0.25) is 50.2 Å². The molecule has 8 bridgehead atoms. The third-order valence-corrected chi connectivity index (χ3v) is 18.5. The minimum Gasteiger partial charge on any atom is -1.00 e. The number of esters is 2. The number of hydrogen-bond donors (Lipinski definition) is 10. The van der Waals surface area contributed by atoms with Gasteiger partial charge >= 0.3 is 17.9 Å². The van der Waals surface area contributed by atoms with E-state index in [-0.39, 0.29) is 56.9 Å². The number of nitrogens with two attached hydrogens (primary N) is 3. The van der Waals surface area contributed by atoms with Gasteiger partial charge in [-0.1, -0.05) is 121 Å². The van der Waals surface area contributed by atoms with E-state index in [1.807, 2.05) is 127 Å². The lowest BCUT2D eigenvalue weighted by molar-refractivity contribution is -0.459. The van der Waals surface area contributed by atoms with Gasteiger partial charge in [0.1, 0.15) is 59.2 Å². The molecule has 10 rings (SSSR count). The predicted molar refractivity (Wildman–Crippen MR) is 409 cm³/mol. The van der Waals surface area contributed by atoms with Crippen LogP contribution in [0.1, 0.15) is 81.5 Å². The molecule has 0 radical (unpaired) electrons. The van der Waals surface area contributed by atoms with Crippen LogP contribution in [0, 0.1) is 0 Å². The van der Waals surface area contributed by atoms with E-state index in [9.17, 15) is 38.4 Å². The summed E-state index contributed by atoms with van der Waals surface area (Å²) in [4.78, 5) is 114. The standard InChI is InChI=1S/C41H47N5O7.C40H46N6O7.ClH/c1-24(42)43-20-12-19-32-39(48)46-33(41(50)53-5)18-11-8-15-28-21-26-13-6-9-16-30(26)35(37(28)51-3)36-31-17-10-7-14-27(31)22-29(38(36)52-4)23-34(40(49)45-32)44-25(2)47;1-23(47)44-32-22-27-21-25-13-6-9-16-29(25)34(36(27)52-3)33-28-15-8-5-12-24(28)20-26(35(33)51-2)14-7-10-17-31(39(50)53-4)46-37(48)30(45-38(32)49)18-11-19-43-40(41)42;/h6-11,13-14,16-17,21-22,32-34H,12,15,18-20,23H2,1-5H3,(H2,42,43)(H,44,47)(H,45,49)(H,46,48);5-10,12-13,15-16,20-21,30-32H,11,14,17-19,22H2,1-4H3,(H,44,47)(H,45,49)(H,46,48)(H4,41,42,43);1H/t32-,33+,34?;30-,31+,32?;/m11./s1. The quantitative estimate of drug-likeness (QED) is 0.0218. The molecule has 2 heterocycles. The Kier molecular flexibility index (Phi) is 29.0. The lowest BCUT2D eigenvalue weighted by Gasteiger charge is -2.26. The fraction of sp³-hybridized carbons (Fsp3) is 0.333. The number of allylic oxidation sites excluding steroid dienone is 2. The van der Waals surface area contributed by atoms with Crippen LogP contribution < -0.4 is 85.4 Å². The fourth-order valence-corrected chi connectivity index (χ4v) is 13.7. The Bertz CT molecular complexity index is 4450. The topological polar surface area (TPSA) is 369 Å². The maximum atomic E-state index is 14.2. The van der Waals surface area contributed by atoms with Gasteiger partial charge in [0.15, 0.2) is 0 Å². The minimum absolute atomic E-state index is 0. The molecule has 2 unspecified atom stereocenters. The molecule has 107 heavy (non-hydrogen) atoms. The second-order valence-electron chi connectivity index (χ2n) is 25.9. The van der Waals surface area contributed by atoms with Crippen LogP contribution >= 0.6 is 0 Å². The number of hydrogen-bond acceptors (Lipinski definition) is 15. The molecule has 0 fully saturated rings. The second kappa shape index (κ2) is 38.3. The molecule has 2 aliphatic rings. The lowest BCUT2D eigenvalue weighted by Crippen LogP contribution is -3.00. The van der Waals surface area contributed by atoms with Crippen LogP contribution in [0.4, 0.5) is 0 Å². The molecule has 0 spiro atoms. The van der Waals surface area contributed by atoms with Gasteiger partial charge in [0, 0.05) is 55.5 Å². The maximum Gasteiger partial charge on any atom is 0.338 e. The van der Waals surface area contributed by atoms with Crippen LogP contribution in [0.3, 0.4) is 0 Å². The van der Waals surface area contributed by atoms with Crippen LogP contribution in [0.15, 0.2) is 151 Å². The highest BCUT2D eigenvalue weighted by Crippen LogP contribution is 2.51. The molecule has 0 aromatic heterocycles. The van der Waals surface area contributed by atoms with Crippen molar-refractivity contribution < 1.29 is 84.2 Å². The normalized spacial score (nSPS) is 17.9. The van der Waals surface area contributed by atoms with E-state index >= 15 is 0 Å². The van der Waals surface area contributed by atoms with Crippen molar-refractivity contribution in [3.05, 3.63) is 168 Å². The summed E-state index contributed by atoms with van der Waals surface area (Å²) in [6, 6.07) is 33.5. The Labute approximate surface area is 627 Å². The van der Waals surface area contributed by atoms with Crippen molar-refractivity contribution in [1.82, 2.24) is 31.9 Å². The van der Waals surface area contributed by atoms with Gasteiger partial charge in [0.2, 0.25) is 35.4 Å². The summed E-state index contributed by atoms with van der Waals surface area (Å²) in [7, 11) is 8.92. The number of ether oxygens (including phenoxy) is 6. The number of benzene rings is 8. The number of halogens is 1. The van der Waals surface area contributed by atoms with E-state index < -0.39 is 83.6 Å². The largest absolute Gasteiger partial charge is 1.00 e. The highest BCUT2D eigenvalue weighted by molar-refractivity contribution is 6.13. The van der Waals surface area contributed by atoms with Crippen LogP contribution in [0.25, 0.3) is 65.3 Å². The first kappa shape index (κ1) is 80.9. The number of carbonyl (C=O) groups is 8. The average Bonchev–Trinajstić information content (AvgIpc) is 0.744. The molecule has 2 aliphatic heterocycles. The Morgan fingerprint density at radius 2 is 0.804 bits per heavy atom.